The number of hydrogen-bond donors (Lipinski definition) is 1. The van der Waals surface area contributed by atoms with Gasteiger partial charge >= 0.3 is 17.9 Å². The highest BCUT2D eigenvalue weighted by molar-refractivity contribution is 5.72. The summed E-state index contributed by atoms with van der Waals surface area (Å²) in [5.41, 5.74) is 0. The van der Waals surface area contributed by atoms with Crippen LogP contribution in [0, 0.1) is 0 Å². The molecule has 8 heteroatoms. The summed E-state index contributed by atoms with van der Waals surface area (Å²) in [5.74, 6) is -1.46. The number of carboxylic acids is 1. The minimum atomic E-state index is -0.874. The maximum absolute atomic E-state index is 12.8. The summed E-state index contributed by atoms with van der Waals surface area (Å²) in [5, 5.41) is 9.67. The number of esters is 2. The number of nitrogens with zero attached hydrogens (tertiary/aromatic N) is 1. The molecule has 2 atom stereocenters. The van der Waals surface area contributed by atoms with Gasteiger partial charge in [0.2, 0.25) is 0 Å². The maximum atomic E-state index is 12.8. The van der Waals surface area contributed by atoms with E-state index in [1.807, 2.05) is 21.1 Å². The van der Waals surface area contributed by atoms with E-state index in [0.29, 0.717) is 19.3 Å². The highest BCUT2D eigenvalue weighted by atomic mass is 16.6. The first-order chi connectivity index (χ1) is 31.6. The number of carbonyl (C=O) groups is 3. The van der Waals surface area contributed by atoms with Gasteiger partial charge in [-0.1, -0.05) is 211 Å². The van der Waals surface area contributed by atoms with Crippen LogP contribution >= 0.6 is 0 Å². The molecule has 2 unspecified atom stereocenters. The van der Waals surface area contributed by atoms with Gasteiger partial charge in [0.1, 0.15) is 6.61 Å². The van der Waals surface area contributed by atoms with Crippen molar-refractivity contribution in [1.82, 2.24) is 0 Å². The Balaban J connectivity index is 4.20. The smallest absolute Gasteiger partial charge is 0.362 e. The van der Waals surface area contributed by atoms with Crippen LogP contribution in [0.5, 0.6) is 0 Å². The van der Waals surface area contributed by atoms with E-state index in [-0.39, 0.29) is 36.2 Å². The Hall–Kier alpha value is -2.45. The lowest BCUT2D eigenvalue weighted by atomic mass is 10.1. The number of rotatable bonds is 50. The SMILES string of the molecule is CCCCCC/C=C/C=C/CCCCCCCCCCCCC(=O)OCC(COCCC(C(=O)O)[N+](C)(C)C)OC(=O)CCCCCCCCC/C=C/CCCCCCCCCCCC. The van der Waals surface area contributed by atoms with E-state index in [9.17, 15) is 19.5 Å². The van der Waals surface area contributed by atoms with Gasteiger partial charge < -0.3 is 23.8 Å². The van der Waals surface area contributed by atoms with Crippen molar-refractivity contribution in [2.75, 3.05) is 41.0 Å². The van der Waals surface area contributed by atoms with Gasteiger partial charge in [-0.2, -0.15) is 0 Å². The first kappa shape index (κ1) is 62.5. The van der Waals surface area contributed by atoms with Crippen molar-refractivity contribution >= 4 is 17.9 Å². The second kappa shape index (κ2) is 48.0. The summed E-state index contributed by atoms with van der Waals surface area (Å²) < 4.78 is 17.4. The van der Waals surface area contributed by atoms with E-state index in [4.69, 9.17) is 14.2 Å². The molecule has 0 fully saturated rings. The number of quaternary nitrogens is 1. The Morgan fingerprint density at radius 1 is 0.462 bits per heavy atom. The predicted molar refractivity (Wildman–Crippen MR) is 275 cm³/mol. The fourth-order valence-corrected chi connectivity index (χ4v) is 8.26. The summed E-state index contributed by atoms with van der Waals surface area (Å²) in [4.78, 5) is 37.2. The molecule has 380 valence electrons. The molecule has 0 aromatic carbocycles. The van der Waals surface area contributed by atoms with Gasteiger partial charge in [0.05, 0.1) is 34.4 Å². The van der Waals surface area contributed by atoms with E-state index < -0.39 is 18.1 Å². The number of likely N-dealkylation sites (N-methyl/N-ethyl adjacent to an activating group) is 1. The lowest BCUT2D eigenvalue weighted by Gasteiger charge is -2.31. The van der Waals surface area contributed by atoms with Crippen LogP contribution in [0.15, 0.2) is 36.5 Å². The number of hydrogen-bond acceptors (Lipinski definition) is 6. The van der Waals surface area contributed by atoms with Crippen LogP contribution in [0.4, 0.5) is 0 Å². The number of ether oxygens (including phenoxy) is 3. The van der Waals surface area contributed by atoms with Gasteiger partial charge in [0.25, 0.3) is 0 Å². The molecule has 0 aliphatic heterocycles. The van der Waals surface area contributed by atoms with Crippen molar-refractivity contribution in [3.8, 4) is 0 Å². The highest BCUT2D eigenvalue weighted by Crippen LogP contribution is 2.16. The molecular formula is C57H106NO7+. The first-order valence-corrected chi connectivity index (χ1v) is 27.5. The molecule has 0 aromatic rings. The van der Waals surface area contributed by atoms with Gasteiger partial charge in [-0.15, -0.1) is 0 Å². The minimum Gasteiger partial charge on any atom is -0.477 e. The number of unbranched alkanes of at least 4 members (excludes halogenated alkanes) is 31. The molecule has 0 aromatic heterocycles. The second-order valence-corrected chi connectivity index (χ2v) is 19.9. The summed E-state index contributed by atoms with van der Waals surface area (Å²) in [6, 6.07) is -0.616. The van der Waals surface area contributed by atoms with Gasteiger partial charge in [0, 0.05) is 19.3 Å². The Morgan fingerprint density at radius 3 is 1.22 bits per heavy atom. The van der Waals surface area contributed by atoms with E-state index in [0.717, 1.165) is 38.5 Å². The summed E-state index contributed by atoms with van der Waals surface area (Å²) >= 11 is 0. The number of carbonyl (C=O) groups excluding carboxylic acids is 2. The molecule has 65 heavy (non-hydrogen) atoms. The molecule has 0 saturated heterocycles. The molecule has 1 N–H and O–H groups in total. The molecule has 0 aliphatic carbocycles. The number of carboxylic acid groups (broad SMARTS) is 1. The zero-order valence-electron chi connectivity index (χ0n) is 43.5. The molecule has 0 saturated carbocycles. The molecule has 0 bridgehead atoms. The van der Waals surface area contributed by atoms with Crippen LogP contribution in [0.2, 0.25) is 0 Å². The van der Waals surface area contributed by atoms with E-state index >= 15 is 0 Å². The molecule has 0 radical (unpaired) electrons. The fourth-order valence-electron chi connectivity index (χ4n) is 8.26. The highest BCUT2D eigenvalue weighted by Gasteiger charge is 2.31. The average Bonchev–Trinajstić information content (AvgIpc) is 3.27. The van der Waals surface area contributed by atoms with Crippen LogP contribution in [0.3, 0.4) is 0 Å². The van der Waals surface area contributed by atoms with Crippen LogP contribution < -0.4 is 0 Å². The summed E-state index contributed by atoms with van der Waals surface area (Å²) in [7, 11) is 5.54. The van der Waals surface area contributed by atoms with Crippen molar-refractivity contribution in [3.05, 3.63) is 36.5 Å². The normalized spacial score (nSPS) is 13.1. The van der Waals surface area contributed by atoms with Crippen LogP contribution in [0.1, 0.15) is 258 Å². The lowest BCUT2D eigenvalue weighted by molar-refractivity contribution is -0.887. The molecule has 0 aliphatic rings. The maximum Gasteiger partial charge on any atom is 0.362 e. The van der Waals surface area contributed by atoms with Crippen molar-refractivity contribution in [2.24, 2.45) is 0 Å². The average molecular weight is 917 g/mol. The van der Waals surface area contributed by atoms with Crippen molar-refractivity contribution < 1.29 is 38.2 Å². The van der Waals surface area contributed by atoms with E-state index in [1.54, 1.807) is 0 Å². The molecule has 0 spiro atoms. The molecular weight excluding hydrogens is 811 g/mol. The van der Waals surface area contributed by atoms with Gasteiger partial charge in [-0.05, 0) is 64.2 Å². The third-order valence-corrected chi connectivity index (χ3v) is 12.5. The van der Waals surface area contributed by atoms with Gasteiger partial charge in [0.15, 0.2) is 12.1 Å². The van der Waals surface area contributed by atoms with Crippen molar-refractivity contribution in [3.63, 3.8) is 0 Å². The Labute approximate surface area is 402 Å². The van der Waals surface area contributed by atoms with Crippen LogP contribution in [-0.4, -0.2) is 80.6 Å². The third kappa shape index (κ3) is 46.4. The standard InChI is InChI=1S/C57H105NO7/c1-6-8-10-12-14-16-18-20-22-24-26-28-30-32-34-36-38-40-42-44-46-48-56(60)65-53(51-63-50-49-54(57(61)62)58(3,4)5)52-64-55(59)47-45-43-41-39-37-35-33-31-29-27-25-23-21-19-17-15-13-11-9-7-2/h17,19,21,23,28,30,53-54H,6-16,18,20,22,24-27,29,31-52H2,1-5H3/p+1/b19-17+,23-21+,30-28+. The monoisotopic (exact) mass is 917 g/mol. The van der Waals surface area contributed by atoms with Crippen molar-refractivity contribution in [2.45, 2.75) is 270 Å². The zero-order valence-corrected chi connectivity index (χ0v) is 43.5. The van der Waals surface area contributed by atoms with Gasteiger partial charge in [-0.3, -0.25) is 9.59 Å². The topological polar surface area (TPSA) is 99.1 Å². The molecule has 0 rings (SSSR count). The second-order valence-electron chi connectivity index (χ2n) is 19.9. The number of allylic oxidation sites excluding steroid dienone is 6. The summed E-state index contributed by atoms with van der Waals surface area (Å²) in [6.07, 6.45) is 57.7. The number of aliphatic carboxylic acids is 1. The predicted octanol–water partition coefficient (Wildman–Crippen LogP) is 16.1. The molecule has 0 heterocycles. The van der Waals surface area contributed by atoms with Crippen LogP contribution in [-0.2, 0) is 28.6 Å². The van der Waals surface area contributed by atoms with Crippen molar-refractivity contribution in [1.29, 1.82) is 0 Å². The third-order valence-electron chi connectivity index (χ3n) is 12.5. The fraction of sp³-hybridized carbons (Fsp3) is 0.842. The van der Waals surface area contributed by atoms with E-state index in [2.05, 4.69) is 50.3 Å². The van der Waals surface area contributed by atoms with Crippen LogP contribution in [0.25, 0.3) is 0 Å². The Morgan fingerprint density at radius 2 is 0.815 bits per heavy atom. The lowest BCUT2D eigenvalue weighted by Crippen LogP contribution is -2.50. The molecule has 8 nitrogen and oxygen atoms in total. The zero-order chi connectivity index (χ0) is 47.7. The van der Waals surface area contributed by atoms with Gasteiger partial charge in [-0.25, -0.2) is 4.79 Å². The van der Waals surface area contributed by atoms with E-state index in [1.165, 1.54) is 186 Å². The Kier molecular flexibility index (Phi) is 46.2. The minimum absolute atomic E-state index is 0.0523. The largest absolute Gasteiger partial charge is 0.477 e. The molecule has 0 amide bonds. The Bertz CT molecular complexity index is 1160. The quantitative estimate of drug-likeness (QED) is 0.0213. The summed E-state index contributed by atoms with van der Waals surface area (Å²) in [6.45, 7) is 4.75. The first-order valence-electron chi connectivity index (χ1n) is 27.5.